The normalized spacial score (nSPS) is 15.4. The van der Waals surface area contributed by atoms with Crippen LogP contribution in [0, 0.1) is 0 Å². The van der Waals surface area contributed by atoms with Crippen LogP contribution in [0.5, 0.6) is 11.5 Å². The molecule has 0 bridgehead atoms. The van der Waals surface area contributed by atoms with E-state index in [1.807, 2.05) is 0 Å². The van der Waals surface area contributed by atoms with Crippen LogP contribution in [0.3, 0.4) is 0 Å². The molecular weight excluding hydrogens is 491 g/mol. The molecule has 1 atom stereocenters. The number of hydrogen-bond acceptors (Lipinski definition) is 6. The van der Waals surface area contributed by atoms with Gasteiger partial charge in [-0.1, -0.05) is 18.2 Å². The highest BCUT2D eigenvalue weighted by Crippen LogP contribution is 2.30. The fourth-order valence-electron chi connectivity index (χ4n) is 4.19. The maximum absolute atomic E-state index is 13.2. The summed E-state index contributed by atoms with van der Waals surface area (Å²) in [6.07, 6.45) is -2.15. The molecule has 0 unspecified atom stereocenters. The SMILES string of the molecule is COc1ccc(-c2ccc(NCc3cccc(OC(F)(F)F)c3)nc2)cc1C(=O)N1CCC[C@H]1C(=O)O. The maximum atomic E-state index is 13.2. The van der Waals surface area contributed by atoms with Crippen molar-refractivity contribution in [3.8, 4) is 22.6 Å². The summed E-state index contributed by atoms with van der Waals surface area (Å²) >= 11 is 0. The molecule has 0 saturated carbocycles. The highest BCUT2D eigenvalue weighted by atomic mass is 19.4. The van der Waals surface area contributed by atoms with Gasteiger partial charge in [-0.2, -0.15) is 0 Å². The van der Waals surface area contributed by atoms with Crippen molar-refractivity contribution in [2.45, 2.75) is 31.8 Å². The highest BCUT2D eigenvalue weighted by molar-refractivity contribution is 6.00. The second kappa shape index (κ2) is 10.8. The lowest BCUT2D eigenvalue weighted by Gasteiger charge is -2.22. The highest BCUT2D eigenvalue weighted by Gasteiger charge is 2.35. The van der Waals surface area contributed by atoms with Crippen LogP contribution in [-0.4, -0.2) is 52.9 Å². The predicted octanol–water partition coefficient (Wildman–Crippen LogP) is 4.96. The summed E-state index contributed by atoms with van der Waals surface area (Å²) < 4.78 is 46.6. The number of rotatable bonds is 8. The number of carboxylic acid groups (broad SMARTS) is 1. The third kappa shape index (κ3) is 6.29. The number of carbonyl (C=O) groups excluding carboxylic acids is 1. The second-order valence-corrected chi connectivity index (χ2v) is 8.39. The van der Waals surface area contributed by atoms with Crippen LogP contribution in [0.15, 0.2) is 60.8 Å². The molecule has 0 spiro atoms. The van der Waals surface area contributed by atoms with E-state index < -0.39 is 24.3 Å². The van der Waals surface area contributed by atoms with Gasteiger partial charge in [0, 0.05) is 24.8 Å². The van der Waals surface area contributed by atoms with Crippen LogP contribution in [0.1, 0.15) is 28.8 Å². The number of hydrogen-bond donors (Lipinski definition) is 2. The van der Waals surface area contributed by atoms with E-state index in [1.54, 1.807) is 42.6 Å². The minimum atomic E-state index is -4.76. The molecule has 1 aromatic heterocycles. The average molecular weight is 515 g/mol. The van der Waals surface area contributed by atoms with E-state index in [-0.39, 0.29) is 17.9 Å². The fraction of sp³-hybridized carbons (Fsp3) is 0.269. The Morgan fingerprint density at radius 2 is 1.92 bits per heavy atom. The van der Waals surface area contributed by atoms with Gasteiger partial charge in [-0.3, -0.25) is 4.79 Å². The van der Waals surface area contributed by atoms with Crippen LogP contribution in [0.25, 0.3) is 11.1 Å². The molecule has 37 heavy (non-hydrogen) atoms. The largest absolute Gasteiger partial charge is 0.573 e. The number of carbonyl (C=O) groups is 2. The number of likely N-dealkylation sites (tertiary alicyclic amines) is 1. The number of anilines is 1. The minimum absolute atomic E-state index is 0.225. The molecule has 2 heterocycles. The molecule has 2 aromatic carbocycles. The number of alkyl halides is 3. The molecule has 11 heteroatoms. The van der Waals surface area contributed by atoms with Gasteiger partial charge < -0.3 is 24.8 Å². The van der Waals surface area contributed by atoms with Gasteiger partial charge in [0.2, 0.25) is 0 Å². The van der Waals surface area contributed by atoms with Gasteiger partial charge in [0.15, 0.2) is 0 Å². The zero-order valence-corrected chi connectivity index (χ0v) is 19.8. The van der Waals surface area contributed by atoms with Crippen LogP contribution in [0.2, 0.25) is 0 Å². The lowest BCUT2D eigenvalue weighted by atomic mass is 10.0. The lowest BCUT2D eigenvalue weighted by Crippen LogP contribution is -2.40. The van der Waals surface area contributed by atoms with Gasteiger partial charge in [0.25, 0.3) is 5.91 Å². The summed E-state index contributed by atoms with van der Waals surface area (Å²) in [5.41, 5.74) is 2.23. The van der Waals surface area contributed by atoms with Crippen molar-refractivity contribution >= 4 is 17.7 Å². The van der Waals surface area contributed by atoms with Gasteiger partial charge in [-0.05, 0) is 60.4 Å². The Morgan fingerprint density at radius 1 is 1.14 bits per heavy atom. The fourth-order valence-corrected chi connectivity index (χ4v) is 4.19. The molecule has 8 nitrogen and oxygen atoms in total. The summed E-state index contributed by atoms with van der Waals surface area (Å²) in [6, 6.07) is 13.3. The third-order valence-electron chi connectivity index (χ3n) is 5.93. The first kappa shape index (κ1) is 25.8. The molecule has 0 aliphatic carbocycles. The maximum Gasteiger partial charge on any atom is 0.573 e. The Bertz CT molecular complexity index is 1280. The molecular formula is C26H24F3N3O5. The monoisotopic (exact) mass is 515 g/mol. The van der Waals surface area contributed by atoms with E-state index in [2.05, 4.69) is 15.0 Å². The van der Waals surface area contributed by atoms with Gasteiger partial charge >= 0.3 is 12.3 Å². The Kier molecular flexibility index (Phi) is 7.51. The van der Waals surface area contributed by atoms with Crippen LogP contribution in [-0.2, 0) is 11.3 Å². The van der Waals surface area contributed by atoms with Crippen LogP contribution < -0.4 is 14.8 Å². The second-order valence-electron chi connectivity index (χ2n) is 8.39. The molecule has 3 aromatic rings. The van der Waals surface area contributed by atoms with E-state index >= 15 is 0 Å². The molecule has 1 fully saturated rings. The number of halogens is 3. The summed E-state index contributed by atoms with van der Waals surface area (Å²) in [5.74, 6) is -0.909. The van der Waals surface area contributed by atoms with Crippen molar-refractivity contribution in [1.82, 2.24) is 9.88 Å². The van der Waals surface area contributed by atoms with Gasteiger partial charge in [0.1, 0.15) is 23.4 Å². The smallest absolute Gasteiger partial charge is 0.496 e. The molecule has 0 radical (unpaired) electrons. The number of benzene rings is 2. The molecule has 1 aliphatic heterocycles. The number of nitrogens with zero attached hydrogens (tertiary/aromatic N) is 2. The number of aliphatic carboxylic acids is 1. The average Bonchev–Trinajstić information content (AvgIpc) is 3.37. The Labute approximate surface area is 210 Å². The molecule has 2 N–H and O–H groups in total. The lowest BCUT2D eigenvalue weighted by molar-refractivity contribution is -0.274. The van der Waals surface area contributed by atoms with Gasteiger partial charge in [0.05, 0.1) is 12.7 Å². The van der Waals surface area contributed by atoms with Crippen molar-refractivity contribution in [2.24, 2.45) is 0 Å². The number of nitrogens with one attached hydrogen (secondary N) is 1. The summed E-state index contributed by atoms with van der Waals surface area (Å²) in [6.45, 7) is 0.583. The van der Waals surface area contributed by atoms with Crippen LogP contribution in [0.4, 0.5) is 19.0 Å². The van der Waals surface area contributed by atoms with E-state index in [0.29, 0.717) is 47.6 Å². The van der Waals surface area contributed by atoms with E-state index in [1.165, 1.54) is 30.2 Å². The summed E-state index contributed by atoms with van der Waals surface area (Å²) in [4.78, 5) is 30.4. The molecule has 194 valence electrons. The standard InChI is InChI=1S/C26H24F3N3O5/c1-36-22-9-7-17(13-20(22)24(33)32-11-3-6-21(32)25(34)35)18-8-10-23(31-15-18)30-14-16-4-2-5-19(12-16)37-26(27,28)29/h2,4-5,7-10,12-13,15,21H,3,6,11,14H2,1H3,(H,30,31)(H,34,35)/t21-/m0/s1. The third-order valence-corrected chi connectivity index (χ3v) is 5.93. The van der Waals surface area contributed by atoms with Crippen molar-refractivity contribution in [3.05, 3.63) is 71.9 Å². The summed E-state index contributed by atoms with van der Waals surface area (Å²) in [7, 11) is 1.44. The van der Waals surface area contributed by atoms with Crippen molar-refractivity contribution in [3.63, 3.8) is 0 Å². The number of aromatic nitrogens is 1. The zero-order valence-electron chi connectivity index (χ0n) is 19.8. The van der Waals surface area contributed by atoms with E-state index in [4.69, 9.17) is 4.74 Å². The number of pyridine rings is 1. The Balaban J connectivity index is 1.48. The van der Waals surface area contributed by atoms with Crippen molar-refractivity contribution in [2.75, 3.05) is 19.0 Å². The van der Waals surface area contributed by atoms with Crippen molar-refractivity contribution in [1.29, 1.82) is 0 Å². The molecule has 4 rings (SSSR count). The quantitative estimate of drug-likeness (QED) is 0.438. The van der Waals surface area contributed by atoms with E-state index in [9.17, 15) is 27.9 Å². The van der Waals surface area contributed by atoms with Crippen LogP contribution >= 0.6 is 0 Å². The topological polar surface area (TPSA) is 101 Å². The molecule has 1 amide bonds. The van der Waals surface area contributed by atoms with Gasteiger partial charge in [-0.25, -0.2) is 9.78 Å². The zero-order chi connectivity index (χ0) is 26.6. The van der Waals surface area contributed by atoms with Crippen molar-refractivity contribution < 1.29 is 37.3 Å². The first-order chi connectivity index (χ1) is 17.6. The predicted molar refractivity (Wildman–Crippen MR) is 128 cm³/mol. The van der Waals surface area contributed by atoms with Gasteiger partial charge in [-0.15, -0.1) is 13.2 Å². The Hall–Kier alpha value is -4.28. The Morgan fingerprint density at radius 3 is 2.59 bits per heavy atom. The number of ether oxygens (including phenoxy) is 2. The van der Waals surface area contributed by atoms with E-state index in [0.717, 1.165) is 0 Å². The molecule has 1 saturated heterocycles. The number of carboxylic acids is 1. The molecule has 1 aliphatic rings. The minimum Gasteiger partial charge on any atom is -0.496 e. The first-order valence-electron chi connectivity index (χ1n) is 11.4. The first-order valence-corrected chi connectivity index (χ1v) is 11.4. The number of amides is 1. The number of methoxy groups -OCH3 is 1. The summed E-state index contributed by atoms with van der Waals surface area (Å²) in [5, 5.41) is 12.5.